The van der Waals surface area contributed by atoms with Gasteiger partial charge in [-0.15, -0.1) is 5.10 Å². The van der Waals surface area contributed by atoms with Crippen molar-refractivity contribution in [3.63, 3.8) is 0 Å². The smallest absolute Gasteiger partial charge is 0.269 e. The fourth-order valence-electron chi connectivity index (χ4n) is 3.66. The maximum absolute atomic E-state index is 11.2. The molecule has 3 heterocycles. The fraction of sp³-hybridized carbons (Fsp3) is 0.438. The first kappa shape index (κ1) is 14.0. The van der Waals surface area contributed by atoms with Gasteiger partial charge >= 0.3 is 0 Å². The number of aryl methyl sites for hydroxylation is 1. The Bertz CT molecular complexity index is 812. The number of nitrogens with one attached hydrogen (secondary N) is 1. The Labute approximate surface area is 132 Å². The lowest BCUT2D eigenvalue weighted by Gasteiger charge is -2.45. The molecule has 0 fully saturated rings. The quantitative estimate of drug-likeness (QED) is 0.645. The molecule has 0 saturated carbocycles. The van der Waals surface area contributed by atoms with Gasteiger partial charge in [0.2, 0.25) is 5.88 Å². The summed E-state index contributed by atoms with van der Waals surface area (Å²) in [5.74, 6) is 1.30. The molecular formula is C16H17N3O4. The third kappa shape index (κ3) is 1.92. The van der Waals surface area contributed by atoms with E-state index in [2.05, 4.69) is 10.2 Å². The number of hydrogen-bond donors (Lipinski definition) is 1. The van der Waals surface area contributed by atoms with Crippen LogP contribution in [0.2, 0.25) is 0 Å². The highest BCUT2D eigenvalue weighted by molar-refractivity contribution is 5.54. The molecule has 7 nitrogen and oxygen atoms in total. The molecule has 120 valence electrons. The van der Waals surface area contributed by atoms with Crippen LogP contribution in [0.25, 0.3) is 0 Å². The first-order chi connectivity index (χ1) is 10.9. The molecule has 23 heavy (non-hydrogen) atoms. The summed E-state index contributed by atoms with van der Waals surface area (Å²) in [6.07, 6.45) is 0. The summed E-state index contributed by atoms with van der Waals surface area (Å²) in [4.78, 5) is 10.8. The van der Waals surface area contributed by atoms with Gasteiger partial charge in [0.1, 0.15) is 11.4 Å². The summed E-state index contributed by atoms with van der Waals surface area (Å²) in [5.41, 5.74) is 2.32. The Morgan fingerprint density at radius 1 is 1.43 bits per heavy atom. The van der Waals surface area contributed by atoms with E-state index < -0.39 is 5.60 Å². The number of nitrogens with zero attached hydrogens (tertiary/aromatic N) is 2. The minimum Gasteiger partial charge on any atom is -0.493 e. The van der Waals surface area contributed by atoms with Crippen LogP contribution >= 0.6 is 0 Å². The van der Waals surface area contributed by atoms with Gasteiger partial charge in [0.25, 0.3) is 5.69 Å². The van der Waals surface area contributed by atoms with E-state index in [1.807, 2.05) is 20.8 Å². The van der Waals surface area contributed by atoms with Crippen LogP contribution in [0.4, 0.5) is 5.69 Å². The summed E-state index contributed by atoms with van der Waals surface area (Å²) in [5, 5.41) is 18.4. The van der Waals surface area contributed by atoms with Gasteiger partial charge in [0.05, 0.1) is 11.5 Å². The number of fused-ring (bicyclic) bond motifs is 5. The summed E-state index contributed by atoms with van der Waals surface area (Å²) in [7, 11) is 0. The third-order valence-corrected chi connectivity index (χ3v) is 4.88. The number of ether oxygens (including phenoxy) is 2. The first-order valence-electron chi connectivity index (χ1n) is 7.53. The van der Waals surface area contributed by atoms with Crippen LogP contribution < -0.4 is 9.47 Å². The highest BCUT2D eigenvalue weighted by Gasteiger charge is 2.49. The van der Waals surface area contributed by atoms with Crippen LogP contribution in [-0.2, 0) is 0 Å². The second-order valence-corrected chi connectivity index (χ2v) is 6.65. The standard InChI is InChI=1S/C16H17N3O4/c1-8-13-14-10-6-9(19(20)21)4-5-12(10)22-7-11(14)16(2,3)23-15(13)18-17-8/h4-6,11,14H,7H2,1-3H3,(H,17,18). The van der Waals surface area contributed by atoms with E-state index in [0.717, 1.165) is 16.8 Å². The van der Waals surface area contributed by atoms with Crippen LogP contribution in [0.15, 0.2) is 18.2 Å². The van der Waals surface area contributed by atoms with Crippen molar-refractivity contribution in [1.29, 1.82) is 0 Å². The molecule has 0 spiro atoms. The van der Waals surface area contributed by atoms with E-state index in [0.29, 0.717) is 18.2 Å². The average Bonchev–Trinajstić information content (AvgIpc) is 2.85. The number of nitro benzene ring substituents is 1. The Kier molecular flexibility index (Phi) is 2.73. The van der Waals surface area contributed by atoms with Crippen molar-refractivity contribution in [2.75, 3.05) is 6.61 Å². The van der Waals surface area contributed by atoms with E-state index in [1.165, 1.54) is 6.07 Å². The van der Waals surface area contributed by atoms with E-state index in [4.69, 9.17) is 9.47 Å². The molecule has 1 aromatic heterocycles. The second kappa shape index (κ2) is 4.47. The number of H-pyrrole nitrogens is 1. The largest absolute Gasteiger partial charge is 0.493 e. The number of rotatable bonds is 1. The lowest BCUT2D eigenvalue weighted by atomic mass is 9.70. The zero-order chi connectivity index (χ0) is 16.4. The summed E-state index contributed by atoms with van der Waals surface area (Å²) in [6, 6.07) is 4.78. The highest BCUT2D eigenvalue weighted by atomic mass is 16.6. The molecule has 0 bridgehead atoms. The van der Waals surface area contributed by atoms with Gasteiger partial charge in [-0.2, -0.15) is 0 Å². The molecule has 4 rings (SSSR count). The van der Waals surface area contributed by atoms with Crippen LogP contribution in [-0.4, -0.2) is 27.3 Å². The van der Waals surface area contributed by atoms with Gasteiger partial charge in [0.15, 0.2) is 0 Å². The Morgan fingerprint density at radius 2 is 2.22 bits per heavy atom. The van der Waals surface area contributed by atoms with Gasteiger partial charge in [-0.25, -0.2) is 0 Å². The van der Waals surface area contributed by atoms with Crippen molar-refractivity contribution in [3.05, 3.63) is 45.1 Å². The van der Waals surface area contributed by atoms with Crippen LogP contribution in [0.5, 0.6) is 11.6 Å². The molecule has 2 atom stereocenters. The monoisotopic (exact) mass is 315 g/mol. The second-order valence-electron chi connectivity index (χ2n) is 6.65. The van der Waals surface area contributed by atoms with Crippen molar-refractivity contribution < 1.29 is 14.4 Å². The normalized spacial score (nSPS) is 23.8. The van der Waals surface area contributed by atoms with Crippen molar-refractivity contribution in [2.24, 2.45) is 5.92 Å². The van der Waals surface area contributed by atoms with E-state index in [1.54, 1.807) is 12.1 Å². The predicted octanol–water partition coefficient (Wildman–Crippen LogP) is 2.94. The van der Waals surface area contributed by atoms with Crippen LogP contribution in [0.3, 0.4) is 0 Å². The summed E-state index contributed by atoms with van der Waals surface area (Å²) in [6.45, 7) is 6.45. The number of aromatic amines is 1. The molecule has 2 aliphatic rings. The molecular weight excluding hydrogens is 298 g/mol. The van der Waals surface area contributed by atoms with E-state index in [9.17, 15) is 10.1 Å². The molecule has 0 aliphatic carbocycles. The van der Waals surface area contributed by atoms with Crippen molar-refractivity contribution in [1.82, 2.24) is 10.2 Å². The Balaban J connectivity index is 1.96. The number of hydrogen-bond acceptors (Lipinski definition) is 5. The number of benzene rings is 1. The topological polar surface area (TPSA) is 90.3 Å². The minimum absolute atomic E-state index is 0.0313. The molecule has 0 amide bonds. The Hall–Kier alpha value is -2.57. The molecule has 1 N–H and O–H groups in total. The zero-order valence-corrected chi connectivity index (χ0v) is 13.1. The average molecular weight is 315 g/mol. The van der Waals surface area contributed by atoms with Crippen molar-refractivity contribution in [2.45, 2.75) is 32.3 Å². The SMILES string of the molecule is Cc1[nH]nc2c1C1c3cc([N+](=O)[O-])ccc3OCC1C(C)(C)O2. The van der Waals surface area contributed by atoms with Gasteiger partial charge in [0, 0.05) is 40.8 Å². The molecule has 2 unspecified atom stereocenters. The molecule has 2 aliphatic heterocycles. The minimum atomic E-state index is -0.471. The number of aromatic nitrogens is 2. The lowest BCUT2D eigenvalue weighted by molar-refractivity contribution is -0.385. The van der Waals surface area contributed by atoms with E-state index >= 15 is 0 Å². The maximum Gasteiger partial charge on any atom is 0.269 e. The molecule has 0 radical (unpaired) electrons. The Morgan fingerprint density at radius 3 is 2.96 bits per heavy atom. The summed E-state index contributed by atoms with van der Waals surface area (Å²) < 4.78 is 11.9. The first-order valence-corrected chi connectivity index (χ1v) is 7.53. The van der Waals surface area contributed by atoms with Gasteiger partial charge in [-0.1, -0.05) is 0 Å². The number of non-ortho nitro benzene ring substituents is 1. The van der Waals surface area contributed by atoms with Crippen molar-refractivity contribution in [3.8, 4) is 11.6 Å². The maximum atomic E-state index is 11.2. The number of nitro groups is 1. The van der Waals surface area contributed by atoms with E-state index in [-0.39, 0.29) is 22.4 Å². The molecule has 2 aromatic rings. The highest BCUT2D eigenvalue weighted by Crippen LogP contribution is 2.53. The summed E-state index contributed by atoms with van der Waals surface area (Å²) >= 11 is 0. The molecule has 1 aromatic carbocycles. The molecule has 7 heteroatoms. The van der Waals surface area contributed by atoms with Crippen LogP contribution in [0, 0.1) is 23.0 Å². The third-order valence-electron chi connectivity index (χ3n) is 4.88. The van der Waals surface area contributed by atoms with Crippen LogP contribution in [0.1, 0.15) is 36.6 Å². The molecule has 0 saturated heterocycles. The van der Waals surface area contributed by atoms with Gasteiger partial charge in [-0.3, -0.25) is 15.2 Å². The van der Waals surface area contributed by atoms with Crippen molar-refractivity contribution >= 4 is 5.69 Å². The zero-order valence-electron chi connectivity index (χ0n) is 13.1. The fourth-order valence-corrected chi connectivity index (χ4v) is 3.66. The lowest BCUT2D eigenvalue weighted by Crippen LogP contribution is -2.49. The van der Waals surface area contributed by atoms with Gasteiger partial charge in [-0.05, 0) is 26.8 Å². The van der Waals surface area contributed by atoms with Gasteiger partial charge < -0.3 is 9.47 Å². The predicted molar refractivity (Wildman–Crippen MR) is 82.0 cm³/mol.